The Kier molecular flexibility index (Phi) is 7.51. The predicted molar refractivity (Wildman–Crippen MR) is 105 cm³/mol. The normalized spacial score (nSPS) is 24.3. The number of terminal acetylenes is 1. The summed E-state index contributed by atoms with van der Waals surface area (Å²) in [6.45, 7) is -0.315. The molecule has 1 N–H and O–H groups in total. The molecule has 3 atom stereocenters. The van der Waals surface area contributed by atoms with Gasteiger partial charge in [0.25, 0.3) is 5.56 Å². The van der Waals surface area contributed by atoms with Gasteiger partial charge in [-0.2, -0.15) is 13.2 Å². The second kappa shape index (κ2) is 9.93. The lowest BCUT2D eigenvalue weighted by Gasteiger charge is -2.18. The average Bonchev–Trinajstić information content (AvgIpc) is 3.33. The summed E-state index contributed by atoms with van der Waals surface area (Å²) in [6.07, 6.45) is 1.89. The first kappa shape index (κ1) is 23.4. The molecule has 31 heavy (non-hydrogen) atoms. The van der Waals surface area contributed by atoms with Crippen molar-refractivity contribution in [2.45, 2.75) is 62.0 Å². The van der Waals surface area contributed by atoms with E-state index in [1.54, 1.807) is 4.98 Å². The molecule has 0 bridgehead atoms. The number of H-pyrrole nitrogens is 1. The zero-order valence-corrected chi connectivity index (χ0v) is 17.2. The van der Waals surface area contributed by atoms with Crippen molar-refractivity contribution in [2.75, 3.05) is 13.2 Å². The minimum atomic E-state index is -4.95. The third-order valence-corrected chi connectivity index (χ3v) is 6.19. The molecule has 1 saturated carbocycles. The van der Waals surface area contributed by atoms with E-state index in [0.717, 1.165) is 37.4 Å². The van der Waals surface area contributed by atoms with Crippen molar-refractivity contribution in [2.24, 2.45) is 0 Å². The van der Waals surface area contributed by atoms with Crippen LogP contribution in [-0.4, -0.2) is 45.5 Å². The van der Waals surface area contributed by atoms with Crippen LogP contribution >= 0.6 is 11.8 Å². The van der Waals surface area contributed by atoms with Crippen molar-refractivity contribution >= 4 is 17.1 Å². The van der Waals surface area contributed by atoms with Gasteiger partial charge in [0.2, 0.25) is 0 Å². The molecule has 170 valence electrons. The minimum absolute atomic E-state index is 0.0249. The average molecular weight is 462 g/mol. The fraction of sp³-hybridized carbons (Fsp3) is 0.632. The van der Waals surface area contributed by atoms with E-state index >= 15 is 0 Å². The molecule has 0 amide bonds. The molecule has 0 unspecified atom stereocenters. The van der Waals surface area contributed by atoms with E-state index in [0.29, 0.717) is 10.8 Å². The summed E-state index contributed by atoms with van der Waals surface area (Å²) in [5.74, 6) is 2.28. The van der Waals surface area contributed by atoms with Crippen LogP contribution in [0.5, 0.6) is 0 Å². The Hall–Kier alpha value is -2.23. The van der Waals surface area contributed by atoms with E-state index in [-0.39, 0.29) is 24.9 Å². The van der Waals surface area contributed by atoms with Crippen molar-refractivity contribution in [3.63, 3.8) is 0 Å². The Bertz CT molecular complexity index is 948. The van der Waals surface area contributed by atoms with E-state index in [1.165, 1.54) is 0 Å². The first-order chi connectivity index (χ1) is 14.7. The highest BCUT2D eigenvalue weighted by molar-refractivity contribution is 8.13. The Morgan fingerprint density at radius 1 is 1.35 bits per heavy atom. The number of halogens is 3. The van der Waals surface area contributed by atoms with Gasteiger partial charge in [0.15, 0.2) is 0 Å². The van der Waals surface area contributed by atoms with Gasteiger partial charge in [-0.05, 0) is 24.6 Å². The Morgan fingerprint density at radius 2 is 2.06 bits per heavy atom. The summed E-state index contributed by atoms with van der Waals surface area (Å²) >= 11 is 1.11. The van der Waals surface area contributed by atoms with Gasteiger partial charge in [-0.25, -0.2) is 9.59 Å². The van der Waals surface area contributed by atoms with Gasteiger partial charge >= 0.3 is 17.2 Å². The summed E-state index contributed by atoms with van der Waals surface area (Å²) in [7, 11) is 0. The topological polar surface area (TPSA) is 99.6 Å². The zero-order valence-electron chi connectivity index (χ0n) is 16.4. The van der Waals surface area contributed by atoms with Crippen molar-refractivity contribution in [3.8, 4) is 12.3 Å². The fourth-order valence-corrected chi connectivity index (χ4v) is 4.56. The summed E-state index contributed by atoms with van der Waals surface area (Å²) in [6, 6.07) is 0. The van der Waals surface area contributed by atoms with Crippen LogP contribution in [0.4, 0.5) is 18.0 Å². The number of ether oxygens (including phenoxy) is 3. The van der Waals surface area contributed by atoms with Crippen LogP contribution in [-0.2, 0) is 20.4 Å². The summed E-state index contributed by atoms with van der Waals surface area (Å²) in [5.41, 5.74) is -4.13. The number of thioether (sulfide) groups is 1. The van der Waals surface area contributed by atoms with Crippen molar-refractivity contribution in [3.05, 3.63) is 32.6 Å². The predicted octanol–water partition coefficient (Wildman–Crippen LogP) is 2.67. The molecule has 1 saturated heterocycles. The Morgan fingerprint density at radius 3 is 2.71 bits per heavy atom. The Labute approximate surface area is 179 Å². The first-order valence-corrected chi connectivity index (χ1v) is 10.5. The number of nitrogens with zero attached hydrogens (tertiary/aromatic N) is 1. The lowest BCUT2D eigenvalue weighted by atomic mass is 10.2. The largest absolute Gasteiger partial charge is 0.455 e. The number of alkyl halides is 3. The van der Waals surface area contributed by atoms with Crippen LogP contribution in [0.1, 0.15) is 43.9 Å². The fourth-order valence-electron chi connectivity index (χ4n) is 3.58. The zero-order chi connectivity index (χ0) is 22.6. The lowest BCUT2D eigenvalue weighted by Crippen LogP contribution is -2.36. The van der Waals surface area contributed by atoms with Crippen molar-refractivity contribution < 1.29 is 32.2 Å². The Balaban J connectivity index is 1.72. The highest BCUT2D eigenvalue weighted by Crippen LogP contribution is 2.33. The smallest absolute Gasteiger partial charge is 0.423 e. The van der Waals surface area contributed by atoms with Gasteiger partial charge in [-0.15, -0.1) is 6.42 Å². The SMILES string of the molecule is C#CCO[C@H]1C[C@H](n2cc(C(F)(F)F)c(=O)[nH]c2=O)O[C@@H]1COC(=O)SC1CCCC1. The summed E-state index contributed by atoms with van der Waals surface area (Å²) < 4.78 is 56.2. The molecule has 1 aromatic rings. The molecule has 2 heterocycles. The lowest BCUT2D eigenvalue weighted by molar-refractivity contribution is -0.139. The maximum atomic E-state index is 13.1. The molecule has 8 nitrogen and oxygen atoms in total. The minimum Gasteiger partial charge on any atom is -0.455 e. The molecule has 1 aromatic heterocycles. The molecule has 0 radical (unpaired) electrons. The number of carbonyl (C=O) groups is 1. The summed E-state index contributed by atoms with van der Waals surface area (Å²) in [5, 5.41) is -0.269. The summed E-state index contributed by atoms with van der Waals surface area (Å²) in [4.78, 5) is 37.3. The maximum absolute atomic E-state index is 13.1. The van der Waals surface area contributed by atoms with Gasteiger partial charge in [0.1, 0.15) is 31.1 Å². The number of nitrogens with one attached hydrogen (secondary N) is 1. The number of hydrogen-bond acceptors (Lipinski definition) is 7. The second-order valence-electron chi connectivity index (χ2n) is 7.21. The molecular formula is C19H21F3N2O6S. The van der Waals surface area contributed by atoms with E-state index in [2.05, 4.69) is 5.92 Å². The molecule has 1 aliphatic carbocycles. The number of aromatic nitrogens is 2. The van der Waals surface area contributed by atoms with Crippen molar-refractivity contribution in [1.29, 1.82) is 0 Å². The number of aromatic amines is 1. The highest BCUT2D eigenvalue weighted by Gasteiger charge is 2.40. The second-order valence-corrected chi connectivity index (χ2v) is 8.45. The molecule has 12 heteroatoms. The number of hydrogen-bond donors (Lipinski definition) is 1. The van der Waals surface area contributed by atoms with E-state index in [1.807, 2.05) is 0 Å². The van der Waals surface area contributed by atoms with Crippen LogP contribution in [0.3, 0.4) is 0 Å². The molecule has 2 fully saturated rings. The van der Waals surface area contributed by atoms with Gasteiger partial charge in [-0.3, -0.25) is 14.3 Å². The third-order valence-electron chi connectivity index (χ3n) is 5.08. The standard InChI is InChI=1S/C19H21F3N2O6S/c1-2-7-28-13-8-15(24-9-12(19(20,21)22)16(25)23-17(24)26)30-14(13)10-29-18(27)31-11-5-3-4-6-11/h1,9,11,13-15H,3-8,10H2,(H,23,25,26)/t13-,14+,15+/m0/s1. The highest BCUT2D eigenvalue weighted by atomic mass is 32.2. The molecule has 0 aromatic carbocycles. The van der Waals surface area contributed by atoms with Crippen LogP contribution in [0.25, 0.3) is 0 Å². The van der Waals surface area contributed by atoms with Gasteiger partial charge in [0.05, 0.1) is 6.10 Å². The van der Waals surface area contributed by atoms with E-state index < -0.39 is 46.7 Å². The van der Waals surface area contributed by atoms with Crippen LogP contribution in [0, 0.1) is 12.3 Å². The van der Waals surface area contributed by atoms with Gasteiger partial charge in [0, 0.05) is 17.9 Å². The van der Waals surface area contributed by atoms with E-state index in [9.17, 15) is 27.6 Å². The molecule has 3 rings (SSSR count). The third kappa shape index (κ3) is 5.93. The van der Waals surface area contributed by atoms with Gasteiger partial charge in [-0.1, -0.05) is 18.8 Å². The molecule has 2 aliphatic rings. The molecule has 0 spiro atoms. The number of carbonyl (C=O) groups excluding carboxylic acids is 1. The van der Waals surface area contributed by atoms with Gasteiger partial charge < -0.3 is 14.2 Å². The number of rotatable bonds is 6. The first-order valence-electron chi connectivity index (χ1n) is 9.65. The van der Waals surface area contributed by atoms with E-state index in [4.69, 9.17) is 20.6 Å². The molecule has 1 aliphatic heterocycles. The van der Waals surface area contributed by atoms with Crippen LogP contribution in [0.2, 0.25) is 0 Å². The van der Waals surface area contributed by atoms with Crippen molar-refractivity contribution in [1.82, 2.24) is 9.55 Å². The van der Waals surface area contributed by atoms with Crippen LogP contribution < -0.4 is 11.2 Å². The molecular weight excluding hydrogens is 441 g/mol. The monoisotopic (exact) mass is 462 g/mol. The quantitative estimate of drug-likeness (QED) is 0.513. The maximum Gasteiger partial charge on any atom is 0.423 e. The van der Waals surface area contributed by atoms with Crippen LogP contribution in [0.15, 0.2) is 15.8 Å².